The van der Waals surface area contributed by atoms with Gasteiger partial charge in [0.1, 0.15) is 5.60 Å². The average molecular weight is 335 g/mol. The highest BCUT2D eigenvalue weighted by atomic mass is 79.9. The lowest BCUT2D eigenvalue weighted by atomic mass is 9.93. The van der Waals surface area contributed by atoms with Gasteiger partial charge in [0, 0.05) is 23.6 Å². The van der Waals surface area contributed by atoms with E-state index in [4.69, 9.17) is 4.74 Å². The number of hydrogen-bond acceptors (Lipinski definition) is 2. The van der Waals surface area contributed by atoms with Crippen molar-refractivity contribution < 1.29 is 4.74 Å². The molecule has 1 atom stereocenters. The van der Waals surface area contributed by atoms with Gasteiger partial charge in [0.05, 0.1) is 6.61 Å². The number of nitrogens with zero attached hydrogens (tertiary/aromatic N) is 1. The fraction of sp³-hybridized carbons (Fsp3) is 0.571. The van der Waals surface area contributed by atoms with Crippen LogP contribution in [0.25, 0.3) is 0 Å². The zero-order valence-electron chi connectivity index (χ0n) is 11.1. The first kappa shape index (κ1) is 16.0. The van der Waals surface area contributed by atoms with Crippen LogP contribution in [0, 0.1) is 0 Å². The molecule has 0 amide bonds. The normalized spacial score (nSPS) is 24.9. The molecule has 0 aromatic heterocycles. The topological polar surface area (TPSA) is 12.5 Å². The molecule has 1 aliphatic heterocycles. The predicted octanol–water partition coefficient (Wildman–Crippen LogP) is 3.83. The molecule has 1 aliphatic rings. The van der Waals surface area contributed by atoms with Crippen LogP contribution in [0.5, 0.6) is 0 Å². The van der Waals surface area contributed by atoms with Gasteiger partial charge in [-0.3, -0.25) is 4.90 Å². The number of halogens is 2. The highest BCUT2D eigenvalue weighted by Gasteiger charge is 2.34. The maximum absolute atomic E-state index is 6.01. The monoisotopic (exact) mass is 333 g/mol. The van der Waals surface area contributed by atoms with Gasteiger partial charge in [0.25, 0.3) is 0 Å². The molecule has 0 spiro atoms. The lowest BCUT2D eigenvalue weighted by molar-refractivity contribution is -0.110. The van der Waals surface area contributed by atoms with Gasteiger partial charge in [0.15, 0.2) is 0 Å². The van der Waals surface area contributed by atoms with Crippen molar-refractivity contribution in [2.45, 2.75) is 32.4 Å². The Morgan fingerprint density at radius 1 is 1.28 bits per heavy atom. The maximum atomic E-state index is 6.01. The van der Waals surface area contributed by atoms with Gasteiger partial charge < -0.3 is 4.74 Å². The van der Waals surface area contributed by atoms with Crippen LogP contribution in [-0.2, 0) is 10.3 Å². The van der Waals surface area contributed by atoms with Crippen molar-refractivity contribution in [3.05, 3.63) is 34.3 Å². The lowest BCUT2D eigenvalue weighted by Gasteiger charge is -2.42. The minimum Gasteiger partial charge on any atom is -0.368 e. The molecule has 102 valence electrons. The highest BCUT2D eigenvalue weighted by Crippen LogP contribution is 2.30. The molecule has 1 saturated heterocycles. The van der Waals surface area contributed by atoms with Crippen LogP contribution in [-0.4, -0.2) is 30.6 Å². The van der Waals surface area contributed by atoms with Crippen LogP contribution < -0.4 is 0 Å². The Morgan fingerprint density at radius 3 is 2.44 bits per heavy atom. The first-order valence-electron chi connectivity index (χ1n) is 6.15. The zero-order valence-corrected chi connectivity index (χ0v) is 13.6. The van der Waals surface area contributed by atoms with E-state index in [-0.39, 0.29) is 18.0 Å². The number of hydrogen-bond donors (Lipinski definition) is 0. The zero-order chi connectivity index (χ0) is 12.5. The Hall–Kier alpha value is -0.0900. The quantitative estimate of drug-likeness (QED) is 0.815. The van der Waals surface area contributed by atoms with E-state index in [1.807, 2.05) is 0 Å². The Morgan fingerprint density at radius 2 is 1.89 bits per heavy atom. The minimum atomic E-state index is -0.177. The summed E-state index contributed by atoms with van der Waals surface area (Å²) in [4.78, 5) is 2.48. The summed E-state index contributed by atoms with van der Waals surface area (Å²) < 4.78 is 7.13. The summed E-state index contributed by atoms with van der Waals surface area (Å²) in [7, 11) is 0. The van der Waals surface area contributed by atoms with Crippen LogP contribution in [0.4, 0.5) is 0 Å². The summed E-state index contributed by atoms with van der Waals surface area (Å²) in [5.74, 6) is 0. The summed E-state index contributed by atoms with van der Waals surface area (Å²) in [5, 5.41) is 0. The molecule has 1 aromatic rings. The molecule has 0 radical (unpaired) electrons. The third-order valence-corrected chi connectivity index (χ3v) is 4.02. The molecule has 0 saturated carbocycles. The van der Waals surface area contributed by atoms with Crippen LogP contribution in [0.15, 0.2) is 28.7 Å². The second-order valence-electron chi connectivity index (χ2n) is 5.15. The van der Waals surface area contributed by atoms with Gasteiger partial charge in [-0.15, -0.1) is 12.4 Å². The third kappa shape index (κ3) is 3.47. The van der Waals surface area contributed by atoms with Gasteiger partial charge in [-0.05, 0) is 38.5 Å². The molecule has 1 fully saturated rings. The molecule has 0 bridgehead atoms. The predicted molar refractivity (Wildman–Crippen MR) is 81.4 cm³/mol. The Balaban J connectivity index is 0.00000162. The number of rotatable bonds is 2. The standard InChI is InChI=1S/C14H20BrNO.ClH/c1-11(2)16-8-9-17-14(3,10-16)12-4-6-13(15)7-5-12;/h4-7,11H,8-10H2,1-3H3;1H. The van der Waals surface area contributed by atoms with E-state index in [1.165, 1.54) is 5.56 Å². The smallest absolute Gasteiger partial charge is 0.103 e. The largest absolute Gasteiger partial charge is 0.368 e. The molecule has 2 rings (SSSR count). The summed E-state index contributed by atoms with van der Waals surface area (Å²) >= 11 is 3.47. The molecule has 18 heavy (non-hydrogen) atoms. The van der Waals surface area contributed by atoms with Crippen molar-refractivity contribution in [2.24, 2.45) is 0 Å². The SMILES string of the molecule is CC(C)N1CCOC(C)(c2ccc(Br)cc2)C1.Cl. The fourth-order valence-corrected chi connectivity index (χ4v) is 2.58. The second kappa shape index (κ2) is 6.38. The van der Waals surface area contributed by atoms with Crippen LogP contribution in [0.3, 0.4) is 0 Å². The van der Waals surface area contributed by atoms with Gasteiger partial charge in [-0.25, -0.2) is 0 Å². The summed E-state index contributed by atoms with van der Waals surface area (Å²) in [6, 6.07) is 9.03. The van der Waals surface area contributed by atoms with Crippen molar-refractivity contribution >= 4 is 28.3 Å². The van der Waals surface area contributed by atoms with Crippen LogP contribution in [0.2, 0.25) is 0 Å². The van der Waals surface area contributed by atoms with Crippen molar-refractivity contribution in [1.29, 1.82) is 0 Å². The third-order valence-electron chi connectivity index (χ3n) is 3.49. The van der Waals surface area contributed by atoms with Gasteiger partial charge in [-0.2, -0.15) is 0 Å². The molecule has 0 N–H and O–H groups in total. The summed E-state index contributed by atoms with van der Waals surface area (Å²) in [5.41, 5.74) is 1.08. The first-order valence-corrected chi connectivity index (χ1v) is 6.95. The molecule has 1 unspecified atom stereocenters. The number of benzene rings is 1. The Kier molecular flexibility index (Phi) is 5.66. The number of ether oxygens (including phenoxy) is 1. The molecular weight excluding hydrogens is 314 g/mol. The Labute approximate surface area is 124 Å². The van der Waals surface area contributed by atoms with E-state index in [2.05, 4.69) is 65.9 Å². The molecule has 1 heterocycles. The van der Waals surface area contributed by atoms with E-state index >= 15 is 0 Å². The average Bonchev–Trinajstić information content (AvgIpc) is 2.29. The first-order chi connectivity index (χ1) is 8.01. The van der Waals surface area contributed by atoms with Crippen molar-refractivity contribution in [3.8, 4) is 0 Å². The maximum Gasteiger partial charge on any atom is 0.103 e. The van der Waals surface area contributed by atoms with Crippen LogP contribution in [0.1, 0.15) is 26.3 Å². The van der Waals surface area contributed by atoms with E-state index in [1.54, 1.807) is 0 Å². The van der Waals surface area contributed by atoms with Gasteiger partial charge in [-0.1, -0.05) is 28.1 Å². The van der Waals surface area contributed by atoms with Gasteiger partial charge in [0.2, 0.25) is 0 Å². The highest BCUT2D eigenvalue weighted by molar-refractivity contribution is 9.10. The van der Waals surface area contributed by atoms with E-state index in [0.29, 0.717) is 6.04 Å². The van der Waals surface area contributed by atoms with Gasteiger partial charge >= 0.3 is 0 Å². The van der Waals surface area contributed by atoms with Crippen LogP contribution >= 0.6 is 28.3 Å². The number of morpholine rings is 1. The lowest BCUT2D eigenvalue weighted by Crippen LogP contribution is -2.50. The molecule has 2 nitrogen and oxygen atoms in total. The second-order valence-corrected chi connectivity index (χ2v) is 6.07. The minimum absolute atomic E-state index is 0. The van der Waals surface area contributed by atoms with Crippen molar-refractivity contribution in [2.75, 3.05) is 19.7 Å². The van der Waals surface area contributed by atoms with E-state index < -0.39 is 0 Å². The fourth-order valence-electron chi connectivity index (χ4n) is 2.32. The van der Waals surface area contributed by atoms with Crippen molar-refractivity contribution in [3.63, 3.8) is 0 Å². The Bertz CT molecular complexity index is 382. The van der Waals surface area contributed by atoms with Crippen molar-refractivity contribution in [1.82, 2.24) is 4.90 Å². The molecule has 0 aliphatic carbocycles. The molecule has 1 aromatic carbocycles. The summed E-state index contributed by atoms with van der Waals surface area (Å²) in [6.07, 6.45) is 0. The summed E-state index contributed by atoms with van der Waals surface area (Å²) in [6.45, 7) is 9.48. The molecular formula is C14H21BrClNO. The molecule has 4 heteroatoms. The van der Waals surface area contributed by atoms with E-state index in [9.17, 15) is 0 Å². The van der Waals surface area contributed by atoms with E-state index in [0.717, 1.165) is 24.2 Å².